The van der Waals surface area contributed by atoms with Crippen molar-refractivity contribution in [2.45, 2.75) is 38.8 Å². The molecule has 1 fully saturated rings. The van der Waals surface area contributed by atoms with E-state index in [2.05, 4.69) is 10.6 Å². The number of carbonyl (C=O) groups is 3. The van der Waals surface area contributed by atoms with Crippen LogP contribution < -0.4 is 10.6 Å². The highest BCUT2D eigenvalue weighted by Gasteiger charge is 2.39. The molecule has 0 bridgehead atoms. The van der Waals surface area contributed by atoms with Crippen molar-refractivity contribution in [3.8, 4) is 0 Å². The van der Waals surface area contributed by atoms with Crippen LogP contribution in [0.25, 0.3) is 0 Å². The number of carbonyl (C=O) groups excluding carboxylic acids is 3. The number of nitrogens with one attached hydrogen (secondary N) is 2. The number of urea groups is 1. The van der Waals surface area contributed by atoms with Crippen LogP contribution in [0.1, 0.15) is 26.3 Å². The van der Waals surface area contributed by atoms with E-state index in [0.29, 0.717) is 6.42 Å². The molecule has 1 atom stereocenters. The molecule has 1 aliphatic rings. The predicted octanol–water partition coefficient (Wildman–Crippen LogP) is 1.06. The molecular formula is C16H21N3O3. The van der Waals surface area contributed by atoms with Crippen molar-refractivity contribution in [1.29, 1.82) is 0 Å². The Balaban J connectivity index is 1.98. The minimum Gasteiger partial charge on any atom is -0.350 e. The van der Waals surface area contributed by atoms with E-state index in [-0.39, 0.29) is 18.4 Å². The van der Waals surface area contributed by atoms with Gasteiger partial charge in [0.2, 0.25) is 5.91 Å². The summed E-state index contributed by atoms with van der Waals surface area (Å²) in [5.74, 6) is -0.714. The van der Waals surface area contributed by atoms with E-state index in [1.165, 1.54) is 0 Å². The number of hydrogen-bond donors (Lipinski definition) is 2. The van der Waals surface area contributed by atoms with Crippen molar-refractivity contribution in [2.24, 2.45) is 0 Å². The van der Waals surface area contributed by atoms with Gasteiger partial charge in [-0.15, -0.1) is 0 Å². The summed E-state index contributed by atoms with van der Waals surface area (Å²) in [5, 5.41) is 5.37. The Morgan fingerprint density at radius 3 is 2.45 bits per heavy atom. The Morgan fingerprint density at radius 2 is 1.86 bits per heavy atom. The van der Waals surface area contributed by atoms with E-state index >= 15 is 0 Å². The second kappa shape index (κ2) is 6.17. The van der Waals surface area contributed by atoms with Crippen LogP contribution in [0.15, 0.2) is 30.3 Å². The van der Waals surface area contributed by atoms with Gasteiger partial charge in [0.05, 0.1) is 0 Å². The summed E-state index contributed by atoms with van der Waals surface area (Å²) in [4.78, 5) is 37.0. The molecule has 1 heterocycles. The first-order valence-electron chi connectivity index (χ1n) is 7.23. The fourth-order valence-corrected chi connectivity index (χ4v) is 2.32. The number of amides is 4. The van der Waals surface area contributed by atoms with Gasteiger partial charge in [-0.1, -0.05) is 30.3 Å². The normalized spacial score (nSPS) is 18.3. The third-order valence-electron chi connectivity index (χ3n) is 3.21. The molecule has 2 N–H and O–H groups in total. The maximum atomic E-state index is 12.3. The molecule has 0 spiro atoms. The third kappa shape index (κ3) is 4.07. The highest BCUT2D eigenvalue weighted by atomic mass is 16.2. The van der Waals surface area contributed by atoms with E-state index in [1.807, 2.05) is 51.1 Å². The van der Waals surface area contributed by atoms with E-state index in [9.17, 15) is 14.4 Å². The standard InChI is InChI=1S/C16H21N3O3/c1-16(2,3)18-13(20)10-19-14(21)12(17-15(19)22)9-11-7-5-4-6-8-11/h4-8,12H,9-10H2,1-3H3,(H,17,22)(H,18,20). The first kappa shape index (κ1) is 16.0. The van der Waals surface area contributed by atoms with Crippen molar-refractivity contribution in [1.82, 2.24) is 15.5 Å². The Morgan fingerprint density at radius 1 is 1.23 bits per heavy atom. The van der Waals surface area contributed by atoms with Crippen molar-refractivity contribution < 1.29 is 14.4 Å². The van der Waals surface area contributed by atoms with Crippen molar-refractivity contribution >= 4 is 17.8 Å². The van der Waals surface area contributed by atoms with Gasteiger partial charge in [0.15, 0.2) is 0 Å². The zero-order chi connectivity index (χ0) is 16.3. The quantitative estimate of drug-likeness (QED) is 0.817. The summed E-state index contributed by atoms with van der Waals surface area (Å²) in [6, 6.07) is 8.31. The molecule has 6 heteroatoms. The molecule has 1 aliphatic heterocycles. The van der Waals surface area contributed by atoms with Crippen LogP contribution in [-0.4, -0.2) is 40.9 Å². The number of hydrogen-bond acceptors (Lipinski definition) is 3. The van der Waals surface area contributed by atoms with E-state index in [4.69, 9.17) is 0 Å². The van der Waals surface area contributed by atoms with Gasteiger partial charge in [0.1, 0.15) is 12.6 Å². The van der Waals surface area contributed by atoms with Gasteiger partial charge < -0.3 is 10.6 Å². The second-order valence-electron chi connectivity index (χ2n) is 6.41. The lowest BCUT2D eigenvalue weighted by molar-refractivity contribution is -0.132. The van der Waals surface area contributed by atoms with Gasteiger partial charge in [-0.25, -0.2) is 4.79 Å². The number of benzene rings is 1. The fourth-order valence-electron chi connectivity index (χ4n) is 2.32. The third-order valence-corrected chi connectivity index (χ3v) is 3.21. The minimum absolute atomic E-state index is 0.257. The molecule has 0 aromatic heterocycles. The highest BCUT2D eigenvalue weighted by Crippen LogP contribution is 2.12. The van der Waals surface area contributed by atoms with E-state index in [1.54, 1.807) is 0 Å². The van der Waals surface area contributed by atoms with Gasteiger partial charge >= 0.3 is 6.03 Å². The molecule has 4 amide bonds. The SMILES string of the molecule is CC(C)(C)NC(=O)CN1C(=O)NC(Cc2ccccc2)C1=O. The molecule has 1 unspecified atom stereocenters. The lowest BCUT2D eigenvalue weighted by Gasteiger charge is -2.22. The van der Waals surface area contributed by atoms with Crippen LogP contribution in [0.4, 0.5) is 4.79 Å². The molecule has 2 rings (SSSR count). The summed E-state index contributed by atoms with van der Waals surface area (Å²) in [6.07, 6.45) is 0.419. The number of imide groups is 1. The van der Waals surface area contributed by atoms with E-state index < -0.39 is 17.6 Å². The Hall–Kier alpha value is -2.37. The van der Waals surface area contributed by atoms with Crippen LogP contribution in [0.3, 0.4) is 0 Å². The molecule has 1 aromatic carbocycles. The largest absolute Gasteiger partial charge is 0.350 e. The molecular weight excluding hydrogens is 282 g/mol. The van der Waals surface area contributed by atoms with Crippen molar-refractivity contribution in [3.63, 3.8) is 0 Å². The zero-order valence-corrected chi connectivity index (χ0v) is 13.1. The van der Waals surface area contributed by atoms with E-state index in [0.717, 1.165) is 10.5 Å². The molecule has 118 valence electrons. The lowest BCUT2D eigenvalue weighted by Crippen LogP contribution is -2.47. The van der Waals surface area contributed by atoms with Crippen LogP contribution in [0, 0.1) is 0 Å². The average molecular weight is 303 g/mol. The van der Waals surface area contributed by atoms with Gasteiger partial charge in [-0.3, -0.25) is 14.5 Å². The Labute approximate surface area is 129 Å². The molecule has 0 aliphatic carbocycles. The van der Waals surface area contributed by atoms with Gasteiger partial charge in [0, 0.05) is 12.0 Å². The second-order valence-corrected chi connectivity index (χ2v) is 6.41. The van der Waals surface area contributed by atoms with Gasteiger partial charge in [-0.2, -0.15) is 0 Å². The fraction of sp³-hybridized carbons (Fsp3) is 0.438. The molecule has 6 nitrogen and oxygen atoms in total. The molecule has 0 saturated carbocycles. The molecule has 0 radical (unpaired) electrons. The number of nitrogens with zero attached hydrogens (tertiary/aromatic N) is 1. The first-order valence-corrected chi connectivity index (χ1v) is 7.23. The smallest absolute Gasteiger partial charge is 0.325 e. The molecule has 1 aromatic rings. The Kier molecular flexibility index (Phi) is 4.49. The summed E-state index contributed by atoms with van der Waals surface area (Å²) < 4.78 is 0. The number of rotatable bonds is 4. The summed E-state index contributed by atoms with van der Waals surface area (Å²) in [7, 11) is 0. The van der Waals surface area contributed by atoms with Crippen molar-refractivity contribution in [3.05, 3.63) is 35.9 Å². The average Bonchev–Trinajstić information content (AvgIpc) is 2.66. The Bertz CT molecular complexity index is 578. The maximum Gasteiger partial charge on any atom is 0.325 e. The maximum absolute atomic E-state index is 12.3. The van der Waals surface area contributed by atoms with Crippen LogP contribution >= 0.6 is 0 Å². The van der Waals surface area contributed by atoms with Crippen LogP contribution in [0.2, 0.25) is 0 Å². The van der Waals surface area contributed by atoms with Crippen molar-refractivity contribution in [2.75, 3.05) is 6.54 Å². The lowest BCUT2D eigenvalue weighted by atomic mass is 10.1. The monoisotopic (exact) mass is 303 g/mol. The van der Waals surface area contributed by atoms with Gasteiger partial charge in [-0.05, 0) is 26.3 Å². The van der Waals surface area contributed by atoms with Gasteiger partial charge in [0.25, 0.3) is 5.91 Å². The zero-order valence-electron chi connectivity index (χ0n) is 13.1. The minimum atomic E-state index is -0.614. The summed E-state index contributed by atoms with van der Waals surface area (Å²) in [5.41, 5.74) is 0.557. The van der Waals surface area contributed by atoms with Crippen LogP contribution in [0.5, 0.6) is 0 Å². The van der Waals surface area contributed by atoms with Crippen LogP contribution in [-0.2, 0) is 16.0 Å². The molecule has 1 saturated heterocycles. The topological polar surface area (TPSA) is 78.5 Å². The predicted molar refractivity (Wildman–Crippen MR) is 82.1 cm³/mol. The first-order chi connectivity index (χ1) is 10.3. The highest BCUT2D eigenvalue weighted by molar-refractivity contribution is 6.06. The summed E-state index contributed by atoms with van der Waals surface area (Å²) in [6.45, 7) is 5.27. The summed E-state index contributed by atoms with van der Waals surface area (Å²) >= 11 is 0. The molecule has 22 heavy (non-hydrogen) atoms.